The Hall–Kier alpha value is -2.02. The number of amides is 1. The van der Waals surface area contributed by atoms with E-state index in [0.717, 1.165) is 22.7 Å². The molecule has 1 aliphatic rings. The van der Waals surface area contributed by atoms with Gasteiger partial charge in [0, 0.05) is 28.5 Å². The Morgan fingerprint density at radius 3 is 2.48 bits per heavy atom. The molecule has 1 saturated heterocycles. The second-order valence-corrected chi connectivity index (χ2v) is 5.50. The zero-order valence-corrected chi connectivity index (χ0v) is 12.1. The summed E-state index contributed by atoms with van der Waals surface area (Å²) >= 11 is 3.29. The predicted molar refractivity (Wildman–Crippen MR) is 73.4 cm³/mol. The van der Waals surface area contributed by atoms with Crippen LogP contribution in [0.2, 0.25) is 0 Å². The van der Waals surface area contributed by atoms with Gasteiger partial charge in [0.25, 0.3) is 0 Å². The van der Waals surface area contributed by atoms with Gasteiger partial charge in [-0.2, -0.15) is 0 Å². The van der Waals surface area contributed by atoms with Crippen LogP contribution in [-0.4, -0.2) is 11.1 Å². The number of halogens is 3. The topological polar surface area (TPSA) is 51.2 Å². The van der Waals surface area contributed by atoms with Crippen molar-refractivity contribution in [1.82, 2.24) is 10.3 Å². The molecule has 1 aliphatic heterocycles. The number of nitrogens with zero attached hydrogens (tertiary/aromatic N) is 1. The first-order valence-corrected chi connectivity index (χ1v) is 6.86. The summed E-state index contributed by atoms with van der Waals surface area (Å²) in [6, 6.07) is 4.25. The highest BCUT2D eigenvalue weighted by molar-refractivity contribution is 9.10. The molecule has 0 radical (unpaired) electrons. The smallest absolute Gasteiger partial charge is 0.408 e. The van der Waals surface area contributed by atoms with Crippen LogP contribution < -0.4 is 5.32 Å². The number of carbonyl (C=O) groups is 1. The number of alkyl carbamates (subject to hydrolysis) is 1. The first kappa shape index (κ1) is 13.9. The number of carbonyl (C=O) groups excluding carboxylic acids is 1. The number of ether oxygens (including phenoxy) is 1. The molecule has 1 fully saturated rings. The van der Waals surface area contributed by atoms with Crippen LogP contribution in [0, 0.1) is 11.6 Å². The lowest BCUT2D eigenvalue weighted by Crippen LogP contribution is -2.19. The Morgan fingerprint density at radius 1 is 1.10 bits per heavy atom. The summed E-state index contributed by atoms with van der Waals surface area (Å²) in [5, 5.41) is 2.62. The second-order valence-electron chi connectivity index (χ2n) is 4.59. The standard InChI is InChI=1S/C14H9BrF2N2O2/c15-9-1-8(5-18-6-9)12-13(21-14(20)19-12)7-2-10(16)4-11(17)3-7/h1-6,12-13H,(H,19,20)/t12-,13-/m1/s1. The molecule has 21 heavy (non-hydrogen) atoms. The van der Waals surface area contributed by atoms with Gasteiger partial charge < -0.3 is 10.1 Å². The van der Waals surface area contributed by atoms with Crippen molar-refractivity contribution in [3.8, 4) is 0 Å². The molecule has 2 heterocycles. The van der Waals surface area contributed by atoms with Gasteiger partial charge in [0.15, 0.2) is 6.10 Å². The van der Waals surface area contributed by atoms with Gasteiger partial charge in [-0.05, 0) is 39.7 Å². The summed E-state index contributed by atoms with van der Waals surface area (Å²) in [7, 11) is 0. The van der Waals surface area contributed by atoms with Crippen molar-refractivity contribution in [2.24, 2.45) is 0 Å². The molecular weight excluding hydrogens is 346 g/mol. The van der Waals surface area contributed by atoms with E-state index in [2.05, 4.69) is 26.2 Å². The SMILES string of the molecule is O=C1N[C@H](c2cncc(Br)c2)[C@@H](c2cc(F)cc(F)c2)O1. The molecule has 0 spiro atoms. The largest absolute Gasteiger partial charge is 0.439 e. The van der Waals surface area contributed by atoms with Gasteiger partial charge in [-0.25, -0.2) is 13.6 Å². The molecule has 4 nitrogen and oxygen atoms in total. The highest BCUT2D eigenvalue weighted by atomic mass is 79.9. The van der Waals surface area contributed by atoms with Crippen LogP contribution in [0.3, 0.4) is 0 Å². The van der Waals surface area contributed by atoms with Crippen molar-refractivity contribution in [1.29, 1.82) is 0 Å². The zero-order valence-electron chi connectivity index (χ0n) is 10.5. The first-order valence-electron chi connectivity index (χ1n) is 6.06. The lowest BCUT2D eigenvalue weighted by Gasteiger charge is -2.17. The average Bonchev–Trinajstić information content (AvgIpc) is 2.80. The predicted octanol–water partition coefficient (Wildman–Crippen LogP) is 3.64. The Balaban J connectivity index is 2.01. The monoisotopic (exact) mass is 354 g/mol. The number of pyridine rings is 1. The van der Waals surface area contributed by atoms with Crippen molar-refractivity contribution in [2.45, 2.75) is 12.1 Å². The summed E-state index contributed by atoms with van der Waals surface area (Å²) in [4.78, 5) is 15.5. The summed E-state index contributed by atoms with van der Waals surface area (Å²) in [5.74, 6) is -1.45. The molecule has 1 amide bonds. The van der Waals surface area contributed by atoms with Crippen LogP contribution in [-0.2, 0) is 4.74 Å². The molecule has 2 atom stereocenters. The Labute approximate surface area is 127 Å². The van der Waals surface area contributed by atoms with Crippen LogP contribution >= 0.6 is 15.9 Å². The maximum absolute atomic E-state index is 13.4. The van der Waals surface area contributed by atoms with Gasteiger partial charge in [0.05, 0.1) is 0 Å². The van der Waals surface area contributed by atoms with Gasteiger partial charge in [-0.1, -0.05) is 0 Å². The van der Waals surface area contributed by atoms with Gasteiger partial charge in [0.2, 0.25) is 0 Å². The summed E-state index contributed by atoms with van der Waals surface area (Å²) in [6.07, 6.45) is 1.69. The van der Waals surface area contributed by atoms with E-state index in [4.69, 9.17) is 4.74 Å². The van der Waals surface area contributed by atoms with Crippen LogP contribution in [0.25, 0.3) is 0 Å². The van der Waals surface area contributed by atoms with Crippen molar-refractivity contribution in [2.75, 3.05) is 0 Å². The van der Waals surface area contributed by atoms with E-state index in [1.807, 2.05) is 0 Å². The third kappa shape index (κ3) is 2.87. The van der Waals surface area contributed by atoms with E-state index in [1.165, 1.54) is 0 Å². The van der Waals surface area contributed by atoms with E-state index in [0.29, 0.717) is 5.56 Å². The minimum Gasteiger partial charge on any atom is -0.439 e. The maximum Gasteiger partial charge on any atom is 0.408 e. The summed E-state index contributed by atoms with van der Waals surface area (Å²) in [5.41, 5.74) is 0.917. The number of benzene rings is 1. The molecule has 108 valence electrons. The molecule has 1 N–H and O–H groups in total. The zero-order chi connectivity index (χ0) is 15.0. The fourth-order valence-electron chi connectivity index (χ4n) is 2.28. The Kier molecular flexibility index (Phi) is 3.59. The fraction of sp³-hybridized carbons (Fsp3) is 0.143. The summed E-state index contributed by atoms with van der Waals surface area (Å²) < 4.78 is 32.6. The fourth-order valence-corrected chi connectivity index (χ4v) is 2.66. The molecule has 7 heteroatoms. The molecule has 0 unspecified atom stereocenters. The highest BCUT2D eigenvalue weighted by Crippen LogP contribution is 2.37. The van der Waals surface area contributed by atoms with E-state index >= 15 is 0 Å². The van der Waals surface area contributed by atoms with Crippen LogP contribution in [0.1, 0.15) is 23.3 Å². The van der Waals surface area contributed by atoms with Crippen molar-refractivity contribution in [3.63, 3.8) is 0 Å². The Bertz CT molecular complexity index is 691. The van der Waals surface area contributed by atoms with E-state index < -0.39 is 29.9 Å². The van der Waals surface area contributed by atoms with Crippen LogP contribution in [0.5, 0.6) is 0 Å². The van der Waals surface area contributed by atoms with E-state index in [-0.39, 0.29) is 5.56 Å². The molecule has 1 aromatic heterocycles. The molecule has 1 aromatic carbocycles. The summed E-state index contributed by atoms with van der Waals surface area (Å²) in [6.45, 7) is 0. The van der Waals surface area contributed by atoms with Crippen molar-refractivity contribution < 1.29 is 18.3 Å². The molecule has 0 saturated carbocycles. The van der Waals surface area contributed by atoms with Gasteiger partial charge in [0.1, 0.15) is 17.7 Å². The molecular formula is C14H9BrF2N2O2. The van der Waals surface area contributed by atoms with Crippen LogP contribution in [0.15, 0.2) is 41.1 Å². The Morgan fingerprint density at radius 2 is 1.81 bits per heavy atom. The normalized spacial score (nSPS) is 21.0. The number of hydrogen-bond acceptors (Lipinski definition) is 3. The van der Waals surface area contributed by atoms with E-state index in [1.54, 1.807) is 18.5 Å². The maximum atomic E-state index is 13.4. The van der Waals surface area contributed by atoms with Crippen molar-refractivity contribution in [3.05, 3.63) is 63.9 Å². The molecule has 2 aromatic rings. The molecule has 0 bridgehead atoms. The van der Waals surface area contributed by atoms with Gasteiger partial charge in [-0.15, -0.1) is 0 Å². The minimum absolute atomic E-state index is 0.246. The number of cyclic esters (lactones) is 1. The van der Waals surface area contributed by atoms with Gasteiger partial charge >= 0.3 is 6.09 Å². The lowest BCUT2D eigenvalue weighted by atomic mass is 9.97. The minimum atomic E-state index is -0.821. The second kappa shape index (κ2) is 5.40. The quantitative estimate of drug-likeness (QED) is 0.895. The molecule has 3 rings (SSSR count). The highest BCUT2D eigenvalue weighted by Gasteiger charge is 2.37. The third-order valence-corrected chi connectivity index (χ3v) is 3.54. The number of aromatic nitrogens is 1. The van der Waals surface area contributed by atoms with Crippen LogP contribution in [0.4, 0.5) is 13.6 Å². The van der Waals surface area contributed by atoms with E-state index in [9.17, 15) is 13.6 Å². The lowest BCUT2D eigenvalue weighted by molar-refractivity contribution is 0.132. The van der Waals surface area contributed by atoms with Gasteiger partial charge in [-0.3, -0.25) is 4.98 Å². The average molecular weight is 355 g/mol. The number of hydrogen-bond donors (Lipinski definition) is 1. The first-order chi connectivity index (χ1) is 10.0. The number of rotatable bonds is 2. The molecule has 0 aliphatic carbocycles. The number of nitrogens with one attached hydrogen (secondary N) is 1. The van der Waals surface area contributed by atoms with Crippen molar-refractivity contribution >= 4 is 22.0 Å². The third-order valence-electron chi connectivity index (χ3n) is 3.11.